The average molecular weight is 335 g/mol. The van der Waals surface area contributed by atoms with E-state index in [1.54, 1.807) is 0 Å². The fraction of sp³-hybridized carbons (Fsp3) is 1.00. The molecule has 1 saturated carbocycles. The van der Waals surface area contributed by atoms with E-state index in [-0.39, 0.29) is 0 Å². The molecule has 0 aromatic rings. The van der Waals surface area contributed by atoms with Gasteiger partial charge in [-0.2, -0.15) is 0 Å². The van der Waals surface area contributed by atoms with Crippen LogP contribution in [0, 0.1) is 22.7 Å². The molecule has 0 bridgehead atoms. The standard InChI is InChI=1S/C22H42N2/c1-5-21(6-2)11-14-24(17-21)16-20-7-12-23(13-8-20)18-22(9-10-22)15-19(3)4/h19-20H,5-18H2,1-4H3. The highest BCUT2D eigenvalue weighted by molar-refractivity contribution is 4.97. The van der Waals surface area contributed by atoms with E-state index in [4.69, 9.17) is 0 Å². The van der Waals surface area contributed by atoms with Crippen LogP contribution < -0.4 is 0 Å². The van der Waals surface area contributed by atoms with E-state index in [2.05, 4.69) is 37.5 Å². The minimum Gasteiger partial charge on any atom is -0.303 e. The molecule has 0 N–H and O–H groups in total. The van der Waals surface area contributed by atoms with Crippen LogP contribution in [0.2, 0.25) is 0 Å². The molecule has 0 atom stereocenters. The Hall–Kier alpha value is -0.0800. The van der Waals surface area contributed by atoms with E-state index in [0.717, 1.165) is 17.3 Å². The van der Waals surface area contributed by atoms with Gasteiger partial charge in [0.2, 0.25) is 0 Å². The van der Waals surface area contributed by atoms with Crippen molar-refractivity contribution >= 4 is 0 Å². The maximum Gasteiger partial charge on any atom is 0.00384 e. The lowest BCUT2D eigenvalue weighted by atomic mass is 9.82. The maximum atomic E-state index is 2.80. The molecule has 3 rings (SSSR count). The largest absolute Gasteiger partial charge is 0.303 e. The molecular weight excluding hydrogens is 292 g/mol. The van der Waals surface area contributed by atoms with E-state index >= 15 is 0 Å². The van der Waals surface area contributed by atoms with Crippen molar-refractivity contribution in [1.82, 2.24) is 9.80 Å². The summed E-state index contributed by atoms with van der Waals surface area (Å²) in [5.74, 6) is 1.84. The van der Waals surface area contributed by atoms with Crippen molar-refractivity contribution in [2.75, 3.05) is 39.3 Å². The van der Waals surface area contributed by atoms with Gasteiger partial charge in [0, 0.05) is 19.6 Å². The van der Waals surface area contributed by atoms with Gasteiger partial charge in [-0.25, -0.2) is 0 Å². The van der Waals surface area contributed by atoms with E-state index in [1.807, 2.05) is 0 Å². The van der Waals surface area contributed by atoms with Crippen LogP contribution >= 0.6 is 0 Å². The monoisotopic (exact) mass is 334 g/mol. The molecule has 0 aromatic heterocycles. The van der Waals surface area contributed by atoms with Crippen molar-refractivity contribution in [1.29, 1.82) is 0 Å². The summed E-state index contributed by atoms with van der Waals surface area (Å²) < 4.78 is 0. The van der Waals surface area contributed by atoms with Crippen molar-refractivity contribution < 1.29 is 0 Å². The first-order valence-electron chi connectivity index (χ1n) is 10.9. The Kier molecular flexibility index (Phi) is 5.97. The predicted molar refractivity (Wildman–Crippen MR) is 104 cm³/mol. The number of hydrogen-bond acceptors (Lipinski definition) is 2. The molecule has 3 aliphatic rings. The molecule has 1 aliphatic carbocycles. The van der Waals surface area contributed by atoms with Gasteiger partial charge in [-0.05, 0) is 93.7 Å². The SMILES string of the molecule is CCC1(CC)CCN(CC2CCN(CC3(CC(C)C)CC3)CC2)C1. The lowest BCUT2D eigenvalue weighted by Gasteiger charge is -2.36. The summed E-state index contributed by atoms with van der Waals surface area (Å²) in [6.45, 7) is 17.8. The summed E-state index contributed by atoms with van der Waals surface area (Å²) in [7, 11) is 0. The zero-order valence-corrected chi connectivity index (χ0v) is 16.9. The lowest BCUT2D eigenvalue weighted by molar-refractivity contribution is 0.122. The molecule has 140 valence electrons. The van der Waals surface area contributed by atoms with Crippen molar-refractivity contribution in [2.24, 2.45) is 22.7 Å². The highest BCUT2D eigenvalue weighted by Crippen LogP contribution is 2.51. The van der Waals surface area contributed by atoms with Gasteiger partial charge in [0.15, 0.2) is 0 Å². The Balaban J connectivity index is 1.39. The zero-order chi connectivity index (χ0) is 17.2. The van der Waals surface area contributed by atoms with Gasteiger partial charge in [-0.15, -0.1) is 0 Å². The number of rotatable bonds is 8. The second-order valence-corrected chi connectivity index (χ2v) is 10.0. The third-order valence-electron chi connectivity index (χ3n) is 7.60. The van der Waals surface area contributed by atoms with Gasteiger partial charge < -0.3 is 9.80 Å². The fourth-order valence-corrected chi connectivity index (χ4v) is 5.65. The second kappa shape index (κ2) is 7.66. The third-order valence-corrected chi connectivity index (χ3v) is 7.60. The molecule has 2 aliphatic heterocycles. The second-order valence-electron chi connectivity index (χ2n) is 10.0. The first-order chi connectivity index (χ1) is 11.5. The van der Waals surface area contributed by atoms with Crippen LogP contribution in [0.1, 0.15) is 79.1 Å². The van der Waals surface area contributed by atoms with E-state index in [9.17, 15) is 0 Å². The van der Waals surface area contributed by atoms with Gasteiger partial charge in [0.05, 0.1) is 0 Å². The van der Waals surface area contributed by atoms with Crippen LogP contribution in [0.15, 0.2) is 0 Å². The fourth-order valence-electron chi connectivity index (χ4n) is 5.65. The molecule has 2 heteroatoms. The Bertz CT molecular complexity index is 387. The number of likely N-dealkylation sites (tertiary alicyclic amines) is 2. The van der Waals surface area contributed by atoms with Crippen LogP contribution in [-0.2, 0) is 0 Å². The van der Waals surface area contributed by atoms with Gasteiger partial charge in [-0.3, -0.25) is 0 Å². The van der Waals surface area contributed by atoms with Gasteiger partial charge >= 0.3 is 0 Å². The molecule has 0 radical (unpaired) electrons. The summed E-state index contributed by atoms with van der Waals surface area (Å²) in [5, 5.41) is 0. The van der Waals surface area contributed by atoms with Gasteiger partial charge in [-0.1, -0.05) is 27.7 Å². The first-order valence-corrected chi connectivity index (χ1v) is 10.9. The van der Waals surface area contributed by atoms with E-state index in [1.165, 1.54) is 90.6 Å². The van der Waals surface area contributed by atoms with Crippen LogP contribution in [0.4, 0.5) is 0 Å². The Morgan fingerprint density at radius 2 is 1.54 bits per heavy atom. The molecule has 0 unspecified atom stereocenters. The molecule has 3 fully saturated rings. The molecule has 0 spiro atoms. The zero-order valence-electron chi connectivity index (χ0n) is 16.9. The maximum absolute atomic E-state index is 2.80. The topological polar surface area (TPSA) is 6.48 Å². The van der Waals surface area contributed by atoms with E-state index in [0.29, 0.717) is 5.41 Å². The Morgan fingerprint density at radius 3 is 2.04 bits per heavy atom. The molecule has 2 nitrogen and oxygen atoms in total. The lowest BCUT2D eigenvalue weighted by Crippen LogP contribution is -2.41. The summed E-state index contributed by atoms with van der Waals surface area (Å²) in [6, 6.07) is 0. The highest BCUT2D eigenvalue weighted by atomic mass is 15.2. The normalized spacial score (nSPS) is 27.9. The predicted octanol–water partition coefficient (Wildman–Crippen LogP) is 5.04. The quantitative estimate of drug-likeness (QED) is 0.614. The van der Waals surface area contributed by atoms with Crippen molar-refractivity contribution in [2.45, 2.75) is 79.1 Å². The van der Waals surface area contributed by atoms with E-state index < -0.39 is 0 Å². The summed E-state index contributed by atoms with van der Waals surface area (Å²) >= 11 is 0. The molecule has 24 heavy (non-hydrogen) atoms. The third kappa shape index (κ3) is 4.55. The summed E-state index contributed by atoms with van der Waals surface area (Å²) in [6.07, 6.45) is 11.5. The molecule has 0 aromatic carbocycles. The minimum absolute atomic E-state index is 0.649. The number of hydrogen-bond donors (Lipinski definition) is 0. The van der Waals surface area contributed by atoms with Crippen LogP contribution in [0.3, 0.4) is 0 Å². The van der Waals surface area contributed by atoms with Crippen molar-refractivity contribution in [3.05, 3.63) is 0 Å². The van der Waals surface area contributed by atoms with Crippen LogP contribution in [-0.4, -0.2) is 49.1 Å². The first kappa shape index (κ1) is 18.7. The highest BCUT2D eigenvalue weighted by Gasteiger charge is 2.44. The van der Waals surface area contributed by atoms with Gasteiger partial charge in [0.1, 0.15) is 0 Å². The van der Waals surface area contributed by atoms with Crippen molar-refractivity contribution in [3.63, 3.8) is 0 Å². The number of piperidine rings is 1. The van der Waals surface area contributed by atoms with Gasteiger partial charge in [0.25, 0.3) is 0 Å². The molecule has 2 saturated heterocycles. The minimum atomic E-state index is 0.649. The van der Waals surface area contributed by atoms with Crippen LogP contribution in [0.5, 0.6) is 0 Å². The molecule has 2 heterocycles. The summed E-state index contributed by atoms with van der Waals surface area (Å²) in [4.78, 5) is 5.60. The smallest absolute Gasteiger partial charge is 0.00384 e. The Morgan fingerprint density at radius 1 is 0.875 bits per heavy atom. The van der Waals surface area contributed by atoms with Crippen LogP contribution in [0.25, 0.3) is 0 Å². The average Bonchev–Trinajstić information content (AvgIpc) is 3.17. The Labute approximate surface area is 151 Å². The molecule has 0 amide bonds. The molecular formula is C22H42N2. The summed E-state index contributed by atoms with van der Waals surface area (Å²) in [5.41, 5.74) is 1.37. The van der Waals surface area contributed by atoms with Crippen molar-refractivity contribution in [3.8, 4) is 0 Å². The number of nitrogens with zero attached hydrogens (tertiary/aromatic N) is 2.